The van der Waals surface area contributed by atoms with Crippen LogP contribution in [0.3, 0.4) is 0 Å². The van der Waals surface area contributed by atoms with Gasteiger partial charge in [-0.05, 0) is 12.5 Å². The summed E-state index contributed by atoms with van der Waals surface area (Å²) in [5.41, 5.74) is -0.705. The fraction of sp³-hybridized carbons (Fsp3) is 0.231. The van der Waals surface area contributed by atoms with Gasteiger partial charge < -0.3 is 10.3 Å². The first kappa shape index (κ1) is 13.7. The summed E-state index contributed by atoms with van der Waals surface area (Å²) in [6, 6.07) is 5.60. The van der Waals surface area contributed by atoms with Crippen LogP contribution in [0, 0.1) is 10.1 Å². The van der Waals surface area contributed by atoms with Gasteiger partial charge >= 0.3 is 0 Å². The van der Waals surface area contributed by atoms with Crippen LogP contribution < -0.4 is 0 Å². The molecule has 0 bridgehead atoms. The topological polar surface area (TPSA) is 113 Å². The van der Waals surface area contributed by atoms with Gasteiger partial charge in [-0.1, -0.05) is 17.3 Å². The summed E-state index contributed by atoms with van der Waals surface area (Å²) in [5, 5.41) is 33.0. The second-order valence-electron chi connectivity index (χ2n) is 4.32. The maximum Gasteiger partial charge on any atom is 0.278 e. The van der Waals surface area contributed by atoms with Crippen LogP contribution in [0.1, 0.15) is 24.8 Å². The molecule has 0 aliphatic heterocycles. The normalized spacial score (nSPS) is 16.4. The Balaban J connectivity index is 2.60. The monoisotopic (exact) mass is 276 g/mol. The number of hydrogen-bond donors (Lipinski definition) is 2. The minimum atomic E-state index is -0.634. The second kappa shape index (κ2) is 5.52. The third-order valence-corrected chi connectivity index (χ3v) is 3.08. The second-order valence-corrected chi connectivity index (χ2v) is 4.32. The number of allylic oxidation sites excluding steroid dienone is 2. The van der Waals surface area contributed by atoms with Crippen LogP contribution in [0.2, 0.25) is 0 Å². The molecule has 0 saturated carbocycles. The largest absolute Gasteiger partial charge is 0.511 e. The molecule has 0 saturated heterocycles. The Kier molecular flexibility index (Phi) is 3.79. The maximum atomic E-state index is 11.9. The molecular weight excluding hydrogens is 264 g/mol. The Hall–Kier alpha value is -2.70. The highest BCUT2D eigenvalue weighted by Crippen LogP contribution is 2.27. The number of aliphatic hydroxyl groups is 1. The molecule has 0 amide bonds. The lowest BCUT2D eigenvalue weighted by atomic mass is 9.89. The zero-order valence-corrected chi connectivity index (χ0v) is 10.4. The number of oxime groups is 1. The van der Waals surface area contributed by atoms with Crippen molar-refractivity contribution in [3.8, 4) is 0 Å². The first-order valence-electron chi connectivity index (χ1n) is 5.97. The van der Waals surface area contributed by atoms with Gasteiger partial charge in [0.2, 0.25) is 0 Å². The van der Waals surface area contributed by atoms with E-state index in [1.807, 2.05) is 0 Å². The molecule has 0 atom stereocenters. The Morgan fingerprint density at radius 1 is 1.30 bits per heavy atom. The first-order valence-corrected chi connectivity index (χ1v) is 5.97. The van der Waals surface area contributed by atoms with Crippen molar-refractivity contribution in [2.45, 2.75) is 19.3 Å². The van der Waals surface area contributed by atoms with Crippen molar-refractivity contribution in [1.82, 2.24) is 0 Å². The molecule has 2 rings (SSSR count). The fourth-order valence-corrected chi connectivity index (χ4v) is 2.17. The van der Waals surface area contributed by atoms with E-state index >= 15 is 0 Å². The summed E-state index contributed by atoms with van der Waals surface area (Å²) in [5.74, 6) is -0.591. The number of Topliss-reactive ketones (excluding diaryl/α,β-unsaturated/α-hetero) is 1. The molecule has 0 radical (unpaired) electrons. The van der Waals surface area contributed by atoms with E-state index < -0.39 is 4.92 Å². The smallest absolute Gasteiger partial charge is 0.278 e. The van der Waals surface area contributed by atoms with E-state index in [9.17, 15) is 20.0 Å². The predicted octanol–water partition coefficient (Wildman–Crippen LogP) is 2.34. The van der Waals surface area contributed by atoms with E-state index in [-0.39, 0.29) is 46.9 Å². The van der Waals surface area contributed by atoms with Crippen LogP contribution in [0.25, 0.3) is 0 Å². The van der Waals surface area contributed by atoms with Gasteiger partial charge in [-0.2, -0.15) is 0 Å². The minimum absolute atomic E-state index is 0.00296. The molecule has 1 aromatic carbocycles. The first-order chi connectivity index (χ1) is 9.56. The zero-order valence-electron chi connectivity index (χ0n) is 10.4. The lowest BCUT2D eigenvalue weighted by Gasteiger charge is -2.16. The molecule has 0 spiro atoms. The van der Waals surface area contributed by atoms with E-state index in [1.165, 1.54) is 24.3 Å². The van der Waals surface area contributed by atoms with Gasteiger partial charge in [0, 0.05) is 18.9 Å². The van der Waals surface area contributed by atoms with Gasteiger partial charge in [-0.25, -0.2) is 0 Å². The Bertz CT molecular complexity index is 633. The summed E-state index contributed by atoms with van der Waals surface area (Å²) in [6.45, 7) is 0. The van der Waals surface area contributed by atoms with Gasteiger partial charge in [0.25, 0.3) is 5.69 Å². The molecule has 104 valence electrons. The quantitative estimate of drug-likeness (QED) is 0.380. The number of carbonyl (C=O) groups is 1. The van der Waals surface area contributed by atoms with Crippen molar-refractivity contribution in [2.24, 2.45) is 5.16 Å². The fourth-order valence-electron chi connectivity index (χ4n) is 2.17. The number of aliphatic hydroxyl groups excluding tert-OH is 1. The van der Waals surface area contributed by atoms with Crippen LogP contribution >= 0.6 is 0 Å². The number of ketones is 1. The van der Waals surface area contributed by atoms with Crippen molar-refractivity contribution in [3.63, 3.8) is 0 Å². The molecule has 0 heterocycles. The molecule has 1 aliphatic carbocycles. The van der Waals surface area contributed by atoms with Crippen LogP contribution in [-0.2, 0) is 4.79 Å². The van der Waals surface area contributed by atoms with Crippen LogP contribution in [0.5, 0.6) is 0 Å². The van der Waals surface area contributed by atoms with E-state index in [0.29, 0.717) is 6.42 Å². The number of para-hydroxylation sites is 1. The number of rotatable bonds is 3. The Morgan fingerprint density at radius 3 is 2.60 bits per heavy atom. The lowest BCUT2D eigenvalue weighted by Crippen LogP contribution is -2.21. The van der Waals surface area contributed by atoms with E-state index in [1.54, 1.807) is 0 Å². The van der Waals surface area contributed by atoms with Gasteiger partial charge in [0.1, 0.15) is 11.5 Å². The maximum absolute atomic E-state index is 11.9. The molecule has 20 heavy (non-hydrogen) atoms. The summed E-state index contributed by atoms with van der Waals surface area (Å²) in [7, 11) is 0. The van der Waals surface area contributed by atoms with Crippen molar-refractivity contribution in [1.29, 1.82) is 0 Å². The highest BCUT2D eigenvalue weighted by atomic mass is 16.6. The average molecular weight is 276 g/mol. The minimum Gasteiger partial charge on any atom is -0.511 e. The highest BCUT2D eigenvalue weighted by Gasteiger charge is 2.30. The molecule has 1 aliphatic rings. The average Bonchev–Trinajstić information content (AvgIpc) is 2.43. The number of carbonyl (C=O) groups excluding carboxylic acids is 1. The number of nitro groups is 1. The van der Waals surface area contributed by atoms with Gasteiger partial charge in [0.15, 0.2) is 5.78 Å². The summed E-state index contributed by atoms with van der Waals surface area (Å²) in [6.07, 6.45) is 0.990. The van der Waals surface area contributed by atoms with E-state index in [0.717, 1.165) is 0 Å². The van der Waals surface area contributed by atoms with Crippen LogP contribution in [0.4, 0.5) is 5.69 Å². The third-order valence-electron chi connectivity index (χ3n) is 3.08. The van der Waals surface area contributed by atoms with Crippen LogP contribution in [0.15, 0.2) is 40.8 Å². The highest BCUT2D eigenvalue weighted by molar-refractivity contribution is 6.30. The summed E-state index contributed by atoms with van der Waals surface area (Å²) in [4.78, 5) is 22.2. The number of nitrogens with zero attached hydrogens (tertiary/aromatic N) is 2. The molecule has 2 N–H and O–H groups in total. The van der Waals surface area contributed by atoms with Crippen molar-refractivity contribution in [2.75, 3.05) is 0 Å². The Labute approximate surface area is 114 Å². The Morgan fingerprint density at radius 2 is 2.00 bits per heavy atom. The molecule has 7 nitrogen and oxygen atoms in total. The van der Waals surface area contributed by atoms with Crippen molar-refractivity contribution >= 4 is 17.2 Å². The van der Waals surface area contributed by atoms with Crippen molar-refractivity contribution < 1.29 is 20.0 Å². The SMILES string of the molecule is O=C1CCCC(O)=C1C(=NO)c1ccccc1[N+](=O)[O-]. The summed E-state index contributed by atoms with van der Waals surface area (Å²) < 4.78 is 0. The standard InChI is InChI=1S/C13H12N2O5/c16-10-6-3-7-11(17)12(10)13(14-18)8-4-1-2-5-9(8)15(19)20/h1-2,4-5,16,18H,3,6-7H2. The summed E-state index contributed by atoms with van der Waals surface area (Å²) >= 11 is 0. The number of nitro benzene ring substituents is 1. The van der Waals surface area contributed by atoms with Crippen molar-refractivity contribution in [3.05, 3.63) is 51.3 Å². The molecule has 0 unspecified atom stereocenters. The number of benzene rings is 1. The van der Waals surface area contributed by atoms with Gasteiger partial charge in [-0.3, -0.25) is 14.9 Å². The molecule has 1 aromatic rings. The zero-order chi connectivity index (χ0) is 14.7. The predicted molar refractivity (Wildman–Crippen MR) is 69.9 cm³/mol. The molecule has 0 aromatic heterocycles. The lowest BCUT2D eigenvalue weighted by molar-refractivity contribution is -0.385. The molecular formula is C13H12N2O5. The number of hydrogen-bond acceptors (Lipinski definition) is 6. The molecule has 7 heteroatoms. The third kappa shape index (κ3) is 2.37. The van der Waals surface area contributed by atoms with E-state index in [4.69, 9.17) is 5.21 Å². The van der Waals surface area contributed by atoms with Crippen LogP contribution in [-0.4, -0.2) is 26.7 Å². The van der Waals surface area contributed by atoms with E-state index in [2.05, 4.69) is 5.16 Å². The van der Waals surface area contributed by atoms with Gasteiger partial charge in [0.05, 0.1) is 16.1 Å². The molecule has 0 fully saturated rings. The van der Waals surface area contributed by atoms with Gasteiger partial charge in [-0.15, -0.1) is 0 Å².